The average Bonchev–Trinajstić information content (AvgIpc) is 2.38. The fourth-order valence-corrected chi connectivity index (χ4v) is 2.15. The molecular weight excluding hydrogens is 241 g/mol. The van der Waals surface area contributed by atoms with Gasteiger partial charge in [0.15, 0.2) is 0 Å². The molecule has 1 N–H and O–H groups in total. The largest absolute Gasteiger partial charge is 0.489 e. The maximum Gasteiger partial charge on any atom is 0.123 e. The zero-order chi connectivity index (χ0) is 13.8. The average molecular weight is 259 g/mol. The molecule has 2 aromatic carbocycles. The van der Waals surface area contributed by atoms with Crippen LogP contribution >= 0.6 is 0 Å². The summed E-state index contributed by atoms with van der Waals surface area (Å²) in [6.45, 7) is 4.53. The molecule has 0 bridgehead atoms. The summed E-state index contributed by atoms with van der Waals surface area (Å²) in [4.78, 5) is 0. The summed E-state index contributed by atoms with van der Waals surface area (Å²) in [5.74, 6) is 0.604. The number of benzene rings is 2. The molecule has 0 heterocycles. The number of anilines is 1. The number of ether oxygens (including phenoxy) is 1. The van der Waals surface area contributed by atoms with Gasteiger partial charge < -0.3 is 10.1 Å². The minimum absolute atomic E-state index is 0.228. The molecule has 100 valence electrons. The number of aryl methyl sites for hydroxylation is 2. The summed E-state index contributed by atoms with van der Waals surface area (Å²) < 4.78 is 18.5. The minimum Gasteiger partial charge on any atom is -0.489 e. The van der Waals surface area contributed by atoms with E-state index in [4.69, 9.17) is 4.74 Å². The molecule has 0 spiro atoms. The first-order valence-electron chi connectivity index (χ1n) is 6.26. The van der Waals surface area contributed by atoms with E-state index in [0.29, 0.717) is 6.61 Å². The van der Waals surface area contributed by atoms with Gasteiger partial charge in [-0.05, 0) is 54.8 Å². The van der Waals surface area contributed by atoms with Crippen LogP contribution in [0.2, 0.25) is 0 Å². The molecular formula is C16H18FNO. The van der Waals surface area contributed by atoms with Crippen LogP contribution in [0.1, 0.15) is 16.7 Å². The van der Waals surface area contributed by atoms with Crippen LogP contribution in [-0.2, 0) is 6.61 Å². The molecule has 0 atom stereocenters. The molecule has 0 aromatic heterocycles. The van der Waals surface area contributed by atoms with Gasteiger partial charge in [0.1, 0.15) is 18.2 Å². The van der Waals surface area contributed by atoms with Gasteiger partial charge in [0.2, 0.25) is 0 Å². The van der Waals surface area contributed by atoms with Gasteiger partial charge in [-0.25, -0.2) is 4.39 Å². The summed E-state index contributed by atoms with van der Waals surface area (Å²) in [5, 5.41) is 3.17. The number of rotatable bonds is 4. The second-order valence-corrected chi connectivity index (χ2v) is 4.60. The zero-order valence-corrected chi connectivity index (χ0v) is 11.5. The first kappa shape index (κ1) is 13.4. The van der Waals surface area contributed by atoms with Gasteiger partial charge in [0, 0.05) is 12.7 Å². The van der Waals surface area contributed by atoms with Crippen LogP contribution in [0.15, 0.2) is 36.4 Å². The fraction of sp³-hybridized carbons (Fsp3) is 0.250. The van der Waals surface area contributed by atoms with E-state index < -0.39 is 0 Å². The highest BCUT2D eigenvalue weighted by atomic mass is 19.1. The van der Waals surface area contributed by atoms with Crippen LogP contribution in [0.4, 0.5) is 10.1 Å². The molecule has 0 radical (unpaired) electrons. The maximum absolute atomic E-state index is 12.8. The predicted octanol–water partition coefficient (Wildman–Crippen LogP) is 4.06. The highest BCUT2D eigenvalue weighted by Crippen LogP contribution is 2.26. The highest BCUT2D eigenvalue weighted by Gasteiger charge is 2.04. The smallest absolute Gasteiger partial charge is 0.123 e. The summed E-state index contributed by atoms with van der Waals surface area (Å²) in [7, 11) is 1.91. The van der Waals surface area contributed by atoms with Gasteiger partial charge >= 0.3 is 0 Å². The van der Waals surface area contributed by atoms with Crippen molar-refractivity contribution < 1.29 is 9.13 Å². The number of hydrogen-bond donors (Lipinski definition) is 1. The van der Waals surface area contributed by atoms with E-state index in [0.717, 1.165) is 28.1 Å². The molecule has 2 aromatic rings. The quantitative estimate of drug-likeness (QED) is 0.894. The van der Waals surface area contributed by atoms with Crippen LogP contribution in [0.3, 0.4) is 0 Å². The van der Waals surface area contributed by atoms with E-state index in [1.165, 1.54) is 12.1 Å². The van der Waals surface area contributed by atoms with Gasteiger partial charge in [0.25, 0.3) is 0 Å². The van der Waals surface area contributed by atoms with Crippen molar-refractivity contribution in [3.8, 4) is 5.75 Å². The van der Waals surface area contributed by atoms with Gasteiger partial charge in [-0.1, -0.05) is 12.1 Å². The summed E-state index contributed by atoms with van der Waals surface area (Å²) >= 11 is 0. The third-order valence-corrected chi connectivity index (χ3v) is 3.07. The molecule has 0 aliphatic rings. The fourth-order valence-electron chi connectivity index (χ4n) is 2.15. The molecule has 3 heteroatoms. The van der Waals surface area contributed by atoms with Crippen LogP contribution < -0.4 is 10.1 Å². The second-order valence-electron chi connectivity index (χ2n) is 4.60. The minimum atomic E-state index is -0.228. The summed E-state index contributed by atoms with van der Waals surface area (Å²) in [5.41, 5.74) is 4.39. The van der Waals surface area contributed by atoms with Gasteiger partial charge in [-0.2, -0.15) is 0 Å². The molecule has 2 rings (SSSR count). The van der Waals surface area contributed by atoms with Crippen LogP contribution in [-0.4, -0.2) is 7.05 Å². The Bertz CT molecular complexity index is 540. The summed E-state index contributed by atoms with van der Waals surface area (Å²) in [6, 6.07) is 10.4. The van der Waals surface area contributed by atoms with E-state index in [1.54, 1.807) is 12.1 Å². The van der Waals surface area contributed by atoms with Crippen molar-refractivity contribution in [2.24, 2.45) is 0 Å². The van der Waals surface area contributed by atoms with Crippen molar-refractivity contribution in [3.05, 3.63) is 58.9 Å². The zero-order valence-electron chi connectivity index (χ0n) is 11.5. The van der Waals surface area contributed by atoms with Crippen molar-refractivity contribution in [2.75, 3.05) is 12.4 Å². The molecule has 0 amide bonds. The monoisotopic (exact) mass is 259 g/mol. The predicted molar refractivity (Wildman–Crippen MR) is 76.2 cm³/mol. The lowest BCUT2D eigenvalue weighted by Crippen LogP contribution is -1.99. The van der Waals surface area contributed by atoms with Crippen molar-refractivity contribution in [1.82, 2.24) is 0 Å². The van der Waals surface area contributed by atoms with Crippen LogP contribution in [0.25, 0.3) is 0 Å². The lowest BCUT2D eigenvalue weighted by atomic mass is 10.1. The first-order valence-corrected chi connectivity index (χ1v) is 6.26. The Balaban J connectivity index is 2.09. The van der Waals surface area contributed by atoms with Crippen LogP contribution in [0, 0.1) is 19.7 Å². The summed E-state index contributed by atoms with van der Waals surface area (Å²) in [6.07, 6.45) is 0. The van der Waals surface area contributed by atoms with E-state index >= 15 is 0 Å². The van der Waals surface area contributed by atoms with Gasteiger partial charge in [0.05, 0.1) is 0 Å². The molecule has 0 fully saturated rings. The Morgan fingerprint density at radius 2 is 1.63 bits per heavy atom. The Labute approximate surface area is 113 Å². The molecule has 0 aliphatic carbocycles. The molecule has 19 heavy (non-hydrogen) atoms. The van der Waals surface area contributed by atoms with Gasteiger partial charge in [-0.3, -0.25) is 0 Å². The lowest BCUT2D eigenvalue weighted by Gasteiger charge is -2.13. The maximum atomic E-state index is 12.8. The second kappa shape index (κ2) is 5.74. The SMILES string of the molecule is CNc1c(C)cc(OCc2ccc(F)cc2)cc1C. The molecule has 2 nitrogen and oxygen atoms in total. The topological polar surface area (TPSA) is 21.3 Å². The molecule has 0 saturated heterocycles. The molecule has 0 aliphatic heterocycles. The van der Waals surface area contributed by atoms with Crippen LogP contribution in [0.5, 0.6) is 5.75 Å². The number of hydrogen-bond acceptors (Lipinski definition) is 2. The molecule has 0 unspecified atom stereocenters. The number of halogens is 1. The Kier molecular flexibility index (Phi) is 4.05. The Hall–Kier alpha value is -2.03. The number of nitrogens with one attached hydrogen (secondary N) is 1. The van der Waals surface area contributed by atoms with Crippen molar-refractivity contribution in [3.63, 3.8) is 0 Å². The van der Waals surface area contributed by atoms with E-state index in [9.17, 15) is 4.39 Å². The van der Waals surface area contributed by atoms with E-state index in [2.05, 4.69) is 5.32 Å². The lowest BCUT2D eigenvalue weighted by molar-refractivity contribution is 0.305. The first-order chi connectivity index (χ1) is 9.10. The Morgan fingerprint density at radius 1 is 1.05 bits per heavy atom. The van der Waals surface area contributed by atoms with Gasteiger partial charge in [-0.15, -0.1) is 0 Å². The normalized spacial score (nSPS) is 10.3. The third kappa shape index (κ3) is 3.25. The third-order valence-electron chi connectivity index (χ3n) is 3.07. The Morgan fingerprint density at radius 3 is 2.16 bits per heavy atom. The standard InChI is InChI=1S/C16H18FNO/c1-11-8-15(9-12(2)16(11)18-3)19-10-13-4-6-14(17)7-5-13/h4-9,18H,10H2,1-3H3. The van der Waals surface area contributed by atoms with E-state index in [-0.39, 0.29) is 5.82 Å². The van der Waals surface area contributed by atoms with Crippen molar-refractivity contribution in [1.29, 1.82) is 0 Å². The molecule has 0 saturated carbocycles. The van der Waals surface area contributed by atoms with Crippen molar-refractivity contribution >= 4 is 5.69 Å². The van der Waals surface area contributed by atoms with E-state index in [1.807, 2.05) is 33.0 Å². The highest BCUT2D eigenvalue weighted by molar-refractivity contribution is 5.59. The van der Waals surface area contributed by atoms with Crippen molar-refractivity contribution in [2.45, 2.75) is 20.5 Å².